The summed E-state index contributed by atoms with van der Waals surface area (Å²) in [6, 6.07) is 2.88. The van der Waals surface area contributed by atoms with Gasteiger partial charge in [-0.1, -0.05) is 13.8 Å². The van der Waals surface area contributed by atoms with Crippen molar-refractivity contribution in [2.75, 3.05) is 0 Å². The molecule has 0 bridgehead atoms. The molecule has 2 heterocycles. The van der Waals surface area contributed by atoms with Gasteiger partial charge in [0, 0.05) is 22.8 Å². The van der Waals surface area contributed by atoms with E-state index in [1.165, 1.54) is 35.9 Å². The zero-order valence-electron chi connectivity index (χ0n) is 16.9. The van der Waals surface area contributed by atoms with Crippen LogP contribution in [-0.2, 0) is 6.54 Å². The van der Waals surface area contributed by atoms with Crippen molar-refractivity contribution < 1.29 is 5.11 Å². The zero-order chi connectivity index (χ0) is 19.0. The van der Waals surface area contributed by atoms with Gasteiger partial charge in [-0.3, -0.25) is 0 Å². The Morgan fingerprint density at radius 2 is 1.81 bits per heavy atom. The van der Waals surface area contributed by atoms with Crippen LogP contribution >= 0.6 is 11.3 Å². The van der Waals surface area contributed by atoms with E-state index >= 15 is 0 Å². The molecule has 0 spiro atoms. The lowest BCUT2D eigenvalue weighted by Gasteiger charge is -2.33. The van der Waals surface area contributed by atoms with Gasteiger partial charge in [-0.2, -0.15) is 0 Å². The van der Waals surface area contributed by atoms with Crippen molar-refractivity contribution in [2.45, 2.75) is 96.7 Å². The minimum absolute atomic E-state index is 0.101. The Morgan fingerprint density at radius 3 is 2.52 bits per heavy atom. The van der Waals surface area contributed by atoms with E-state index in [4.69, 9.17) is 9.97 Å². The number of thiophene rings is 1. The SMILES string of the molecule is Cc1nc(CNC2CCC(O)CC2)c2cc(C3CCC(C)(C)CC3)sc2n1. The molecule has 4 rings (SSSR count). The maximum absolute atomic E-state index is 9.70. The highest BCUT2D eigenvalue weighted by Crippen LogP contribution is 2.45. The number of aryl methyl sites for hydroxylation is 1. The molecule has 2 fully saturated rings. The van der Waals surface area contributed by atoms with E-state index < -0.39 is 0 Å². The van der Waals surface area contributed by atoms with Crippen molar-refractivity contribution in [3.8, 4) is 0 Å². The second-order valence-electron chi connectivity index (χ2n) is 9.41. The lowest BCUT2D eigenvalue weighted by atomic mass is 9.73. The molecular weight excluding hydrogens is 354 g/mol. The summed E-state index contributed by atoms with van der Waals surface area (Å²) in [5.41, 5.74) is 1.65. The third kappa shape index (κ3) is 4.52. The maximum atomic E-state index is 9.70. The average molecular weight is 388 g/mol. The molecule has 2 aromatic heterocycles. The zero-order valence-corrected chi connectivity index (χ0v) is 17.7. The Morgan fingerprint density at radius 1 is 1.11 bits per heavy atom. The molecule has 0 radical (unpaired) electrons. The third-order valence-corrected chi connectivity index (χ3v) is 7.79. The van der Waals surface area contributed by atoms with Crippen LogP contribution in [0.3, 0.4) is 0 Å². The number of aromatic nitrogens is 2. The molecule has 0 aliphatic heterocycles. The fraction of sp³-hybridized carbons (Fsp3) is 0.727. The third-order valence-electron chi connectivity index (χ3n) is 6.60. The molecule has 2 aromatic rings. The van der Waals surface area contributed by atoms with Crippen LogP contribution in [0.4, 0.5) is 0 Å². The molecule has 0 amide bonds. The maximum Gasteiger partial charge on any atom is 0.127 e. The number of nitrogens with zero attached hydrogens (tertiary/aromatic N) is 2. The highest BCUT2D eigenvalue weighted by Gasteiger charge is 2.29. The van der Waals surface area contributed by atoms with Crippen LogP contribution in [0.25, 0.3) is 10.2 Å². The van der Waals surface area contributed by atoms with Crippen molar-refractivity contribution in [1.29, 1.82) is 0 Å². The van der Waals surface area contributed by atoms with E-state index in [1.807, 2.05) is 18.3 Å². The summed E-state index contributed by atoms with van der Waals surface area (Å²) in [5.74, 6) is 1.56. The van der Waals surface area contributed by atoms with Gasteiger partial charge in [-0.25, -0.2) is 9.97 Å². The second kappa shape index (κ2) is 7.76. The van der Waals surface area contributed by atoms with Crippen LogP contribution in [0.5, 0.6) is 0 Å². The van der Waals surface area contributed by atoms with E-state index in [9.17, 15) is 5.11 Å². The fourth-order valence-electron chi connectivity index (χ4n) is 4.66. The van der Waals surface area contributed by atoms with Gasteiger partial charge in [-0.15, -0.1) is 11.3 Å². The number of hydrogen-bond acceptors (Lipinski definition) is 5. The standard InChI is InChI=1S/C22H33N3OS/c1-14-24-19(13-23-16-4-6-17(26)7-5-16)18-12-20(27-21(18)25-14)15-8-10-22(2,3)11-9-15/h12,15-17,23,26H,4-11,13H2,1-3H3. The van der Waals surface area contributed by atoms with E-state index in [-0.39, 0.29) is 6.10 Å². The molecule has 0 atom stereocenters. The number of aliphatic hydroxyl groups is 1. The molecular formula is C22H33N3OS. The van der Waals surface area contributed by atoms with Crippen LogP contribution in [0.1, 0.15) is 87.5 Å². The second-order valence-corrected chi connectivity index (χ2v) is 10.5. The van der Waals surface area contributed by atoms with Gasteiger partial charge in [-0.05, 0) is 75.7 Å². The molecule has 2 aliphatic carbocycles. The quantitative estimate of drug-likeness (QED) is 0.768. The van der Waals surface area contributed by atoms with E-state index in [2.05, 4.69) is 25.2 Å². The average Bonchev–Trinajstić information content (AvgIpc) is 3.04. The first-order valence-corrected chi connectivity index (χ1v) is 11.4. The molecule has 148 valence electrons. The Hall–Kier alpha value is -1.04. The Labute approximate surface area is 166 Å². The van der Waals surface area contributed by atoms with Crippen molar-refractivity contribution in [2.24, 2.45) is 5.41 Å². The lowest BCUT2D eigenvalue weighted by molar-refractivity contribution is 0.116. The topological polar surface area (TPSA) is 58.0 Å². The first-order chi connectivity index (χ1) is 12.9. The summed E-state index contributed by atoms with van der Waals surface area (Å²) >= 11 is 1.88. The van der Waals surface area contributed by atoms with Crippen molar-refractivity contribution in [3.63, 3.8) is 0 Å². The summed E-state index contributed by atoms with van der Waals surface area (Å²) in [5, 5.41) is 14.6. The number of hydrogen-bond donors (Lipinski definition) is 2. The van der Waals surface area contributed by atoms with Gasteiger partial charge >= 0.3 is 0 Å². The molecule has 0 unspecified atom stereocenters. The summed E-state index contributed by atoms with van der Waals surface area (Å²) in [4.78, 5) is 12.2. The van der Waals surface area contributed by atoms with Gasteiger partial charge < -0.3 is 10.4 Å². The van der Waals surface area contributed by atoms with Crippen LogP contribution in [0.2, 0.25) is 0 Å². The normalized spacial score (nSPS) is 26.5. The molecule has 5 heteroatoms. The van der Waals surface area contributed by atoms with E-state index in [0.717, 1.165) is 48.6 Å². The minimum atomic E-state index is -0.101. The number of rotatable bonds is 4. The molecule has 27 heavy (non-hydrogen) atoms. The Kier molecular flexibility index (Phi) is 5.55. The van der Waals surface area contributed by atoms with Crippen LogP contribution < -0.4 is 5.32 Å². The molecule has 2 N–H and O–H groups in total. The number of aliphatic hydroxyl groups excluding tert-OH is 1. The van der Waals surface area contributed by atoms with Gasteiger partial charge in [0.2, 0.25) is 0 Å². The van der Waals surface area contributed by atoms with Crippen molar-refractivity contribution in [3.05, 3.63) is 22.5 Å². The Balaban J connectivity index is 1.50. The number of nitrogens with one attached hydrogen (secondary N) is 1. The van der Waals surface area contributed by atoms with Crippen LogP contribution in [-0.4, -0.2) is 27.2 Å². The smallest absolute Gasteiger partial charge is 0.127 e. The summed E-state index contributed by atoms with van der Waals surface area (Å²) in [7, 11) is 0. The molecule has 4 nitrogen and oxygen atoms in total. The first-order valence-electron chi connectivity index (χ1n) is 10.6. The van der Waals surface area contributed by atoms with E-state index in [0.29, 0.717) is 17.4 Å². The minimum Gasteiger partial charge on any atom is -0.393 e. The Bertz CT molecular complexity index is 782. The largest absolute Gasteiger partial charge is 0.393 e. The van der Waals surface area contributed by atoms with Crippen molar-refractivity contribution in [1.82, 2.24) is 15.3 Å². The van der Waals surface area contributed by atoms with Gasteiger partial charge in [0.15, 0.2) is 0 Å². The molecule has 0 saturated heterocycles. The van der Waals surface area contributed by atoms with Crippen molar-refractivity contribution >= 4 is 21.6 Å². The fourth-order valence-corrected chi connectivity index (χ4v) is 5.92. The number of fused-ring (bicyclic) bond motifs is 1. The molecule has 0 aromatic carbocycles. The predicted octanol–water partition coefficient (Wildman–Crippen LogP) is 5.08. The molecule has 2 saturated carbocycles. The molecule has 2 aliphatic rings. The van der Waals surface area contributed by atoms with Gasteiger partial charge in [0.25, 0.3) is 0 Å². The van der Waals surface area contributed by atoms with Gasteiger partial charge in [0.05, 0.1) is 11.8 Å². The summed E-state index contributed by atoms with van der Waals surface area (Å²) in [6.07, 6.45) is 9.07. The van der Waals surface area contributed by atoms with E-state index in [1.54, 1.807) is 0 Å². The monoisotopic (exact) mass is 387 g/mol. The first kappa shape index (κ1) is 19.3. The lowest BCUT2D eigenvalue weighted by Crippen LogP contribution is -2.34. The van der Waals surface area contributed by atoms with Crippen LogP contribution in [0.15, 0.2) is 6.07 Å². The van der Waals surface area contributed by atoms with Crippen LogP contribution in [0, 0.1) is 12.3 Å². The highest BCUT2D eigenvalue weighted by atomic mass is 32.1. The summed E-state index contributed by atoms with van der Waals surface area (Å²) < 4.78 is 0. The summed E-state index contributed by atoms with van der Waals surface area (Å²) in [6.45, 7) is 7.60. The van der Waals surface area contributed by atoms with Gasteiger partial charge in [0.1, 0.15) is 10.7 Å². The highest BCUT2D eigenvalue weighted by molar-refractivity contribution is 7.18. The predicted molar refractivity (Wildman–Crippen MR) is 112 cm³/mol.